The molecule has 0 bridgehead atoms. The number of Topliss-reactive ketones (excluding diaryl/α,β-unsaturated/α-hetero) is 1. The molecule has 1 unspecified atom stereocenters. The van der Waals surface area contributed by atoms with Crippen molar-refractivity contribution in [2.45, 2.75) is 44.8 Å². The average molecular weight is 553 g/mol. The Hall–Kier alpha value is -4.33. The molecule has 1 saturated heterocycles. The predicted octanol–water partition coefficient (Wildman–Crippen LogP) is 4.28. The number of aliphatic hydroxyl groups is 1. The van der Waals surface area contributed by atoms with E-state index < -0.39 is 6.10 Å². The SMILES string of the molecule is CC(O)C(=O)C1CCC(Oc2ccc(-c3ncnc4[nH]c(-c5ccc(N6CCOCC6)cc5)nc34)cc2C#N)CC1. The third-order valence-electron chi connectivity index (χ3n) is 7.96. The van der Waals surface area contributed by atoms with E-state index in [0.717, 1.165) is 43.1 Å². The summed E-state index contributed by atoms with van der Waals surface area (Å²) in [7, 11) is 0. The number of anilines is 1. The molecule has 2 aliphatic rings. The lowest BCUT2D eigenvalue weighted by Gasteiger charge is -2.29. The molecule has 0 spiro atoms. The Bertz CT molecular complexity index is 1580. The van der Waals surface area contributed by atoms with E-state index in [1.54, 1.807) is 12.1 Å². The van der Waals surface area contributed by atoms with Crippen molar-refractivity contribution in [3.8, 4) is 34.5 Å². The number of aromatic amines is 1. The smallest absolute Gasteiger partial charge is 0.164 e. The zero-order chi connectivity index (χ0) is 28.3. The topological polar surface area (TPSA) is 137 Å². The average Bonchev–Trinajstić information content (AvgIpc) is 3.46. The Kier molecular flexibility index (Phi) is 7.63. The summed E-state index contributed by atoms with van der Waals surface area (Å²) >= 11 is 0. The molecule has 210 valence electrons. The third-order valence-corrected chi connectivity index (χ3v) is 7.96. The maximum Gasteiger partial charge on any atom is 0.164 e. The van der Waals surface area contributed by atoms with Crippen LogP contribution in [0.25, 0.3) is 33.8 Å². The van der Waals surface area contributed by atoms with Gasteiger partial charge in [-0.25, -0.2) is 15.0 Å². The van der Waals surface area contributed by atoms with Gasteiger partial charge in [-0.3, -0.25) is 4.79 Å². The highest BCUT2D eigenvalue weighted by molar-refractivity contribution is 5.89. The molecule has 1 saturated carbocycles. The van der Waals surface area contributed by atoms with E-state index in [9.17, 15) is 15.2 Å². The minimum absolute atomic E-state index is 0.0831. The molecule has 0 amide bonds. The number of carbonyl (C=O) groups is 1. The van der Waals surface area contributed by atoms with Crippen molar-refractivity contribution in [3.05, 3.63) is 54.4 Å². The number of H-pyrrole nitrogens is 1. The van der Waals surface area contributed by atoms with Crippen molar-refractivity contribution in [1.29, 1.82) is 5.26 Å². The summed E-state index contributed by atoms with van der Waals surface area (Å²) in [6.45, 7) is 4.75. The normalized spacial score (nSPS) is 20.0. The Morgan fingerprint density at radius 3 is 2.54 bits per heavy atom. The van der Waals surface area contributed by atoms with Crippen LogP contribution in [0.15, 0.2) is 48.8 Å². The number of rotatable bonds is 7. The van der Waals surface area contributed by atoms with Crippen LogP contribution in [0.3, 0.4) is 0 Å². The molecule has 1 atom stereocenters. The molecular weight excluding hydrogens is 520 g/mol. The molecule has 10 nitrogen and oxygen atoms in total. The Labute approximate surface area is 238 Å². The van der Waals surface area contributed by atoms with E-state index in [1.165, 1.54) is 13.3 Å². The Morgan fingerprint density at radius 2 is 1.83 bits per heavy atom. The number of nitrogens with zero attached hydrogens (tertiary/aromatic N) is 5. The molecule has 2 aromatic carbocycles. The molecule has 6 rings (SSSR count). The zero-order valence-electron chi connectivity index (χ0n) is 22.9. The van der Waals surface area contributed by atoms with Gasteiger partial charge in [-0.1, -0.05) is 0 Å². The lowest BCUT2D eigenvalue weighted by atomic mass is 9.83. The quantitative estimate of drug-likeness (QED) is 0.344. The van der Waals surface area contributed by atoms with E-state index in [1.807, 2.05) is 18.2 Å². The van der Waals surface area contributed by atoms with Crippen molar-refractivity contribution in [1.82, 2.24) is 19.9 Å². The molecule has 1 aliphatic heterocycles. The number of hydrogen-bond acceptors (Lipinski definition) is 9. The molecule has 10 heteroatoms. The van der Waals surface area contributed by atoms with Crippen molar-refractivity contribution >= 4 is 22.6 Å². The van der Waals surface area contributed by atoms with Gasteiger partial charge in [-0.2, -0.15) is 5.26 Å². The maximum absolute atomic E-state index is 12.1. The number of nitrogens with one attached hydrogen (secondary N) is 1. The van der Waals surface area contributed by atoms with Gasteiger partial charge in [0.1, 0.15) is 41.3 Å². The van der Waals surface area contributed by atoms with E-state index >= 15 is 0 Å². The number of imidazole rings is 1. The summed E-state index contributed by atoms with van der Waals surface area (Å²) in [5.74, 6) is 0.970. The summed E-state index contributed by atoms with van der Waals surface area (Å²) in [4.78, 5) is 31.5. The highest BCUT2D eigenvalue weighted by Gasteiger charge is 2.29. The number of aliphatic hydroxyl groups excluding tert-OH is 1. The van der Waals surface area contributed by atoms with Crippen LogP contribution in [0.1, 0.15) is 38.2 Å². The number of hydrogen-bond donors (Lipinski definition) is 2. The van der Waals surface area contributed by atoms with Crippen LogP contribution in [-0.2, 0) is 9.53 Å². The first-order chi connectivity index (χ1) is 20.0. The standard InChI is InChI=1S/C31H32N6O4/c1-19(38)29(39)20-4-9-25(10-5-20)41-26-11-6-22(16-23(26)17-32)27-28-31(34-18-33-27)36-30(35-28)21-2-7-24(8-3-21)37-12-14-40-15-13-37/h2-3,6-8,11,16,18-20,25,38H,4-5,9-10,12-15H2,1H3,(H,33,34,35,36). The molecule has 3 heterocycles. The lowest BCUT2D eigenvalue weighted by Crippen LogP contribution is -2.36. The number of fused-ring (bicyclic) bond motifs is 1. The molecule has 0 radical (unpaired) electrons. The first-order valence-electron chi connectivity index (χ1n) is 14.1. The third kappa shape index (κ3) is 5.64. The largest absolute Gasteiger partial charge is 0.489 e. The highest BCUT2D eigenvalue weighted by Crippen LogP contribution is 2.33. The second kappa shape index (κ2) is 11.6. The highest BCUT2D eigenvalue weighted by atomic mass is 16.5. The van der Waals surface area contributed by atoms with Gasteiger partial charge < -0.3 is 24.5 Å². The Balaban J connectivity index is 1.21. The molecule has 1 aliphatic carbocycles. The van der Waals surface area contributed by atoms with Gasteiger partial charge in [0.05, 0.1) is 24.9 Å². The van der Waals surface area contributed by atoms with Crippen molar-refractivity contribution in [2.75, 3.05) is 31.2 Å². The number of nitriles is 1. The van der Waals surface area contributed by atoms with Crippen molar-refractivity contribution in [2.24, 2.45) is 5.92 Å². The van der Waals surface area contributed by atoms with Crippen LogP contribution in [0, 0.1) is 17.2 Å². The van der Waals surface area contributed by atoms with Crippen LogP contribution in [0.2, 0.25) is 0 Å². The number of morpholine rings is 1. The minimum atomic E-state index is -0.935. The molecule has 2 fully saturated rings. The van der Waals surface area contributed by atoms with E-state index in [4.69, 9.17) is 14.5 Å². The van der Waals surface area contributed by atoms with Crippen LogP contribution in [0.4, 0.5) is 5.69 Å². The van der Waals surface area contributed by atoms with Crippen LogP contribution in [0.5, 0.6) is 5.75 Å². The molecule has 2 aromatic heterocycles. The van der Waals surface area contributed by atoms with Crippen molar-refractivity contribution < 1.29 is 19.4 Å². The van der Waals surface area contributed by atoms with Gasteiger partial charge in [0.2, 0.25) is 0 Å². The van der Waals surface area contributed by atoms with Gasteiger partial charge in [-0.15, -0.1) is 0 Å². The van der Waals surface area contributed by atoms with Crippen molar-refractivity contribution in [3.63, 3.8) is 0 Å². The first kappa shape index (κ1) is 26.9. The second-order valence-electron chi connectivity index (χ2n) is 10.6. The monoisotopic (exact) mass is 552 g/mol. The number of ketones is 1. The minimum Gasteiger partial charge on any atom is -0.489 e. The fourth-order valence-electron chi connectivity index (χ4n) is 5.68. The molecule has 41 heavy (non-hydrogen) atoms. The molecule has 2 N–H and O–H groups in total. The molecular formula is C31H32N6O4. The summed E-state index contributed by atoms with van der Waals surface area (Å²) < 4.78 is 11.7. The van der Waals surface area contributed by atoms with Crippen LogP contribution in [-0.4, -0.2) is 69.3 Å². The second-order valence-corrected chi connectivity index (χ2v) is 10.6. The van der Waals surface area contributed by atoms with Gasteiger partial charge in [0, 0.05) is 35.8 Å². The number of benzene rings is 2. The van der Waals surface area contributed by atoms with Gasteiger partial charge >= 0.3 is 0 Å². The molecule has 4 aromatic rings. The summed E-state index contributed by atoms with van der Waals surface area (Å²) in [6.07, 6.45) is 3.22. The van der Waals surface area contributed by atoms with Gasteiger partial charge in [0.15, 0.2) is 11.4 Å². The predicted molar refractivity (Wildman–Crippen MR) is 153 cm³/mol. The maximum atomic E-state index is 12.1. The van der Waals surface area contributed by atoms with Gasteiger partial charge in [0.25, 0.3) is 0 Å². The van der Waals surface area contributed by atoms with E-state index in [0.29, 0.717) is 59.7 Å². The fraction of sp³-hybridized carbons (Fsp3) is 0.387. The summed E-state index contributed by atoms with van der Waals surface area (Å²) in [5.41, 5.74) is 5.11. The van der Waals surface area contributed by atoms with E-state index in [-0.39, 0.29) is 17.8 Å². The first-order valence-corrected chi connectivity index (χ1v) is 14.1. The van der Waals surface area contributed by atoms with Crippen LogP contribution < -0.4 is 9.64 Å². The fourth-order valence-corrected chi connectivity index (χ4v) is 5.68. The number of aromatic nitrogens is 4. The lowest BCUT2D eigenvalue weighted by molar-refractivity contribution is -0.131. The Morgan fingerprint density at radius 1 is 1.10 bits per heavy atom. The number of carbonyl (C=O) groups excluding carboxylic acids is 1. The summed E-state index contributed by atoms with van der Waals surface area (Å²) in [5, 5.41) is 19.5. The summed E-state index contributed by atoms with van der Waals surface area (Å²) in [6, 6.07) is 16.0. The number of ether oxygens (including phenoxy) is 2. The van der Waals surface area contributed by atoms with Gasteiger partial charge in [-0.05, 0) is 75.1 Å². The van der Waals surface area contributed by atoms with E-state index in [2.05, 4.69) is 38.1 Å². The van der Waals surface area contributed by atoms with Crippen LogP contribution >= 0.6 is 0 Å². The zero-order valence-corrected chi connectivity index (χ0v) is 22.9.